The van der Waals surface area contributed by atoms with E-state index < -0.39 is 20.0 Å². The summed E-state index contributed by atoms with van der Waals surface area (Å²) in [7, 11) is -7.04. The molecule has 0 aliphatic carbocycles. The van der Waals surface area contributed by atoms with Gasteiger partial charge in [-0.2, -0.15) is 8.42 Å². The third-order valence-electron chi connectivity index (χ3n) is 3.10. The minimum absolute atomic E-state index is 0.00860. The summed E-state index contributed by atoms with van der Waals surface area (Å²) in [5.41, 5.74) is 1.51. The van der Waals surface area contributed by atoms with E-state index in [2.05, 4.69) is 0 Å². The lowest BCUT2D eigenvalue weighted by Crippen LogP contribution is -2.17. The Bertz CT molecular complexity index is 856. The highest BCUT2D eigenvalue weighted by molar-refractivity contribution is 7.90. The normalized spacial score (nSPS) is 12.0. The monoisotopic (exact) mass is 354 g/mol. The summed E-state index contributed by atoms with van der Waals surface area (Å²) in [6, 6.07) is 16.1. The van der Waals surface area contributed by atoms with E-state index >= 15 is 0 Å². The number of hydrogen-bond acceptors (Lipinski definition) is 5. The van der Waals surface area contributed by atoms with Gasteiger partial charge in [0.15, 0.2) is 0 Å². The lowest BCUT2D eigenvalue weighted by atomic mass is 10.1. The lowest BCUT2D eigenvalue weighted by Gasteiger charge is -2.11. The molecule has 2 rings (SSSR count). The van der Waals surface area contributed by atoms with E-state index in [1.807, 2.05) is 30.3 Å². The van der Waals surface area contributed by atoms with Gasteiger partial charge in [0.25, 0.3) is 0 Å². The van der Waals surface area contributed by atoms with Crippen molar-refractivity contribution in [3.63, 3.8) is 0 Å². The predicted molar refractivity (Wildman–Crippen MR) is 90.6 cm³/mol. The summed E-state index contributed by atoms with van der Waals surface area (Å²) < 4.78 is 51.4. The van der Waals surface area contributed by atoms with Gasteiger partial charge in [-0.15, -0.1) is 0 Å². The lowest BCUT2D eigenvalue weighted by molar-refractivity contribution is 0.486. The van der Waals surface area contributed by atoms with Crippen LogP contribution >= 0.6 is 0 Å². The van der Waals surface area contributed by atoms with Gasteiger partial charge >= 0.3 is 10.1 Å². The molecule has 0 fully saturated rings. The molecule has 0 unspecified atom stereocenters. The van der Waals surface area contributed by atoms with Crippen molar-refractivity contribution in [1.82, 2.24) is 0 Å². The van der Waals surface area contributed by atoms with Crippen LogP contribution in [0.5, 0.6) is 5.75 Å². The van der Waals surface area contributed by atoms with E-state index in [4.69, 9.17) is 4.18 Å². The topological polar surface area (TPSA) is 77.5 Å². The number of hydrogen-bond donors (Lipinski definition) is 0. The summed E-state index contributed by atoms with van der Waals surface area (Å²) in [6.45, 7) is 0. The Morgan fingerprint density at radius 2 is 1.43 bits per heavy atom. The van der Waals surface area contributed by atoms with Crippen molar-refractivity contribution in [2.45, 2.75) is 6.42 Å². The highest BCUT2D eigenvalue weighted by atomic mass is 32.2. The molecule has 2 aromatic rings. The first-order valence-electron chi connectivity index (χ1n) is 7.01. The molecule has 0 bridgehead atoms. The molecule has 2 aromatic carbocycles. The molecule has 0 N–H and O–H groups in total. The van der Waals surface area contributed by atoms with Gasteiger partial charge in [0.05, 0.1) is 11.5 Å². The van der Waals surface area contributed by atoms with Crippen molar-refractivity contribution in [2.24, 2.45) is 0 Å². The van der Waals surface area contributed by atoms with E-state index in [9.17, 15) is 16.8 Å². The van der Waals surface area contributed by atoms with Gasteiger partial charge < -0.3 is 4.18 Å². The number of para-hydroxylation sites is 1. The average molecular weight is 354 g/mol. The molecule has 0 spiro atoms. The molecule has 0 radical (unpaired) electrons. The molecule has 0 saturated heterocycles. The largest absolute Gasteiger partial charge is 0.382 e. The standard InChI is InChI=1S/C16H18O5S2/c1-22(17,18)12-7-13-23(19,20)21-16-11-6-5-10-15(16)14-8-3-2-4-9-14/h2-6,8-11H,7,12-13H2,1H3. The van der Waals surface area contributed by atoms with E-state index in [0.717, 1.165) is 11.8 Å². The number of benzene rings is 2. The second-order valence-electron chi connectivity index (χ2n) is 5.19. The fraction of sp³-hybridized carbons (Fsp3) is 0.250. The van der Waals surface area contributed by atoms with Gasteiger partial charge in [-0.25, -0.2) is 8.42 Å². The molecule has 7 heteroatoms. The Hall–Kier alpha value is -1.86. The van der Waals surface area contributed by atoms with E-state index in [1.165, 1.54) is 0 Å². The Labute approximate surface area is 137 Å². The van der Waals surface area contributed by atoms with E-state index in [0.29, 0.717) is 5.56 Å². The second kappa shape index (κ2) is 7.14. The minimum Gasteiger partial charge on any atom is -0.382 e. The molecule has 124 valence electrons. The van der Waals surface area contributed by atoms with Crippen molar-refractivity contribution in [1.29, 1.82) is 0 Å². The molecule has 0 aromatic heterocycles. The van der Waals surface area contributed by atoms with Crippen LogP contribution in [-0.4, -0.2) is 34.6 Å². The van der Waals surface area contributed by atoms with Crippen LogP contribution in [0.15, 0.2) is 54.6 Å². The second-order valence-corrected chi connectivity index (χ2v) is 9.14. The Balaban J connectivity index is 2.17. The maximum Gasteiger partial charge on any atom is 0.309 e. The first-order chi connectivity index (χ1) is 10.8. The van der Waals surface area contributed by atoms with Gasteiger partial charge in [-0.3, -0.25) is 0 Å². The van der Waals surface area contributed by atoms with Crippen molar-refractivity contribution in [3.05, 3.63) is 54.6 Å². The van der Waals surface area contributed by atoms with Gasteiger partial charge in [-0.05, 0) is 18.1 Å². The van der Waals surface area contributed by atoms with Crippen LogP contribution < -0.4 is 4.18 Å². The van der Waals surface area contributed by atoms with Crippen LogP contribution in [0.4, 0.5) is 0 Å². The molecular formula is C16H18O5S2. The first kappa shape index (κ1) is 17.5. The molecule has 5 nitrogen and oxygen atoms in total. The van der Waals surface area contributed by atoms with Crippen LogP contribution in [0.3, 0.4) is 0 Å². The predicted octanol–water partition coefficient (Wildman–Crippen LogP) is 2.50. The molecule has 23 heavy (non-hydrogen) atoms. The van der Waals surface area contributed by atoms with Crippen LogP contribution in [0, 0.1) is 0 Å². The Morgan fingerprint density at radius 1 is 0.826 bits per heavy atom. The van der Waals surface area contributed by atoms with Crippen molar-refractivity contribution in [3.8, 4) is 16.9 Å². The molecule has 0 atom stereocenters. The zero-order valence-corrected chi connectivity index (χ0v) is 14.3. The maximum absolute atomic E-state index is 12.1. The first-order valence-corrected chi connectivity index (χ1v) is 10.6. The molecule has 0 amide bonds. The SMILES string of the molecule is CS(=O)(=O)CCCS(=O)(=O)Oc1ccccc1-c1ccccc1. The van der Waals surface area contributed by atoms with E-state index in [1.54, 1.807) is 24.3 Å². The molecule has 0 aliphatic heterocycles. The van der Waals surface area contributed by atoms with Crippen molar-refractivity contribution < 1.29 is 21.0 Å². The number of sulfone groups is 1. The fourth-order valence-corrected chi connectivity index (χ4v) is 3.92. The zero-order valence-electron chi connectivity index (χ0n) is 12.7. The average Bonchev–Trinajstić information content (AvgIpc) is 2.46. The zero-order chi connectivity index (χ0) is 16.9. The fourth-order valence-electron chi connectivity index (χ4n) is 2.07. The van der Waals surface area contributed by atoms with Gasteiger partial charge in [0.2, 0.25) is 0 Å². The van der Waals surface area contributed by atoms with Gasteiger partial charge in [0, 0.05) is 11.8 Å². The summed E-state index contributed by atoms with van der Waals surface area (Å²) in [4.78, 5) is 0. The summed E-state index contributed by atoms with van der Waals surface area (Å²) in [6.07, 6.45) is 1.08. The van der Waals surface area contributed by atoms with E-state index in [-0.39, 0.29) is 23.7 Å². The van der Waals surface area contributed by atoms with Gasteiger partial charge in [0.1, 0.15) is 15.6 Å². The minimum atomic E-state index is -3.85. The van der Waals surface area contributed by atoms with Crippen LogP contribution in [0.1, 0.15) is 6.42 Å². The summed E-state index contributed by atoms with van der Waals surface area (Å²) in [5, 5.41) is 0. The number of rotatable bonds is 7. The van der Waals surface area contributed by atoms with Crippen LogP contribution in [0.25, 0.3) is 11.1 Å². The van der Waals surface area contributed by atoms with Crippen molar-refractivity contribution in [2.75, 3.05) is 17.8 Å². The van der Waals surface area contributed by atoms with Crippen LogP contribution in [0.2, 0.25) is 0 Å². The molecular weight excluding hydrogens is 336 g/mol. The quantitative estimate of drug-likeness (QED) is 0.714. The van der Waals surface area contributed by atoms with Crippen LogP contribution in [-0.2, 0) is 20.0 Å². The molecule has 0 saturated carbocycles. The highest BCUT2D eigenvalue weighted by Gasteiger charge is 2.17. The van der Waals surface area contributed by atoms with Crippen molar-refractivity contribution >= 4 is 20.0 Å². The smallest absolute Gasteiger partial charge is 0.309 e. The highest BCUT2D eigenvalue weighted by Crippen LogP contribution is 2.30. The third-order valence-corrected chi connectivity index (χ3v) is 5.35. The summed E-state index contributed by atoms with van der Waals surface area (Å²) >= 11 is 0. The summed E-state index contributed by atoms with van der Waals surface area (Å²) in [5.74, 6) is -0.294. The Morgan fingerprint density at radius 3 is 2.09 bits per heavy atom. The third kappa shape index (κ3) is 5.69. The Kier molecular flexibility index (Phi) is 5.43. The van der Waals surface area contributed by atoms with Gasteiger partial charge in [-0.1, -0.05) is 48.5 Å². The molecule has 0 aliphatic rings. The maximum atomic E-state index is 12.1. The molecule has 0 heterocycles.